The number of hydrogen-bond acceptors (Lipinski definition) is 4. The van der Waals surface area contributed by atoms with E-state index in [-0.39, 0.29) is 10.8 Å². The largest absolute Gasteiger partial charge is 0.325 e. The molecule has 1 heterocycles. The van der Waals surface area contributed by atoms with Gasteiger partial charge in [0.2, 0.25) is 21.8 Å². The molecule has 1 aliphatic rings. The van der Waals surface area contributed by atoms with E-state index >= 15 is 0 Å². The smallest absolute Gasteiger partial charge is 0.242 e. The normalized spacial score (nSPS) is 15.4. The summed E-state index contributed by atoms with van der Waals surface area (Å²) in [6.07, 6.45) is 1.39. The zero-order chi connectivity index (χ0) is 21.2. The molecule has 2 amide bonds. The average Bonchev–Trinajstić information content (AvgIpc) is 3.07. The third-order valence-electron chi connectivity index (χ3n) is 4.89. The number of amides is 2. The molecular weight excluding hydrogens is 390 g/mol. The summed E-state index contributed by atoms with van der Waals surface area (Å²) in [7, 11) is -3.80. The molecule has 2 aromatic rings. The number of sulfonamides is 1. The van der Waals surface area contributed by atoms with Gasteiger partial charge < -0.3 is 10.2 Å². The van der Waals surface area contributed by atoms with E-state index in [1.807, 2.05) is 13.8 Å². The molecule has 2 aromatic carbocycles. The first kappa shape index (κ1) is 21.0. The van der Waals surface area contributed by atoms with Crippen molar-refractivity contribution < 1.29 is 18.0 Å². The number of carbonyl (C=O) groups is 2. The quantitative estimate of drug-likeness (QED) is 0.758. The third kappa shape index (κ3) is 4.83. The zero-order valence-electron chi connectivity index (χ0n) is 16.7. The molecule has 0 aliphatic carbocycles. The summed E-state index contributed by atoms with van der Waals surface area (Å²) in [5, 5.41) is 2.73. The number of nitrogens with zero attached hydrogens (tertiary/aromatic N) is 1. The van der Waals surface area contributed by atoms with Gasteiger partial charge in [-0.25, -0.2) is 8.42 Å². The molecule has 154 valence electrons. The molecule has 1 saturated heterocycles. The Kier molecular flexibility index (Phi) is 6.04. The molecule has 2 N–H and O–H groups in total. The van der Waals surface area contributed by atoms with Crippen LogP contribution in [0.5, 0.6) is 0 Å². The Balaban J connectivity index is 1.67. The minimum Gasteiger partial charge on any atom is -0.325 e. The van der Waals surface area contributed by atoms with Crippen molar-refractivity contribution in [2.45, 2.75) is 44.6 Å². The van der Waals surface area contributed by atoms with Crippen molar-refractivity contribution in [1.82, 2.24) is 4.72 Å². The van der Waals surface area contributed by atoms with Crippen LogP contribution in [-0.4, -0.2) is 32.8 Å². The standard InChI is InChI=1S/C21H25N3O4S/c1-14-6-9-18(10-7-14)29(27,28)23-16(3)21(26)22-17-8-11-19(15(2)13-17)24-12-4-5-20(24)25/h6-11,13,16,23H,4-5,12H2,1-3H3,(H,22,26)/t16-/m0/s1. The van der Waals surface area contributed by atoms with Crippen LogP contribution in [0.15, 0.2) is 47.4 Å². The zero-order valence-corrected chi connectivity index (χ0v) is 17.5. The van der Waals surface area contributed by atoms with Gasteiger partial charge in [0, 0.05) is 24.3 Å². The van der Waals surface area contributed by atoms with E-state index in [9.17, 15) is 18.0 Å². The summed E-state index contributed by atoms with van der Waals surface area (Å²) < 4.78 is 27.3. The second kappa shape index (κ2) is 8.34. The van der Waals surface area contributed by atoms with Gasteiger partial charge in [-0.05, 0) is 63.1 Å². The molecule has 29 heavy (non-hydrogen) atoms. The lowest BCUT2D eigenvalue weighted by molar-refractivity contribution is -0.118. The maximum atomic E-state index is 12.5. The summed E-state index contributed by atoms with van der Waals surface area (Å²) in [6, 6.07) is 10.8. The summed E-state index contributed by atoms with van der Waals surface area (Å²) >= 11 is 0. The molecule has 1 fully saturated rings. The highest BCUT2D eigenvalue weighted by Crippen LogP contribution is 2.27. The van der Waals surface area contributed by atoms with Crippen molar-refractivity contribution in [3.8, 4) is 0 Å². The van der Waals surface area contributed by atoms with Crippen LogP contribution in [0.1, 0.15) is 30.9 Å². The van der Waals surface area contributed by atoms with Gasteiger partial charge >= 0.3 is 0 Å². The minimum absolute atomic E-state index is 0.101. The fraction of sp³-hybridized carbons (Fsp3) is 0.333. The average molecular weight is 416 g/mol. The first-order chi connectivity index (χ1) is 13.7. The van der Waals surface area contributed by atoms with Gasteiger partial charge in [-0.2, -0.15) is 4.72 Å². The molecular formula is C21H25N3O4S. The number of anilines is 2. The lowest BCUT2D eigenvalue weighted by Crippen LogP contribution is -2.41. The van der Waals surface area contributed by atoms with Gasteiger partial charge in [0.15, 0.2) is 0 Å². The lowest BCUT2D eigenvalue weighted by Gasteiger charge is -2.20. The highest BCUT2D eigenvalue weighted by molar-refractivity contribution is 7.89. The molecule has 0 bridgehead atoms. The highest BCUT2D eigenvalue weighted by atomic mass is 32.2. The number of nitrogens with one attached hydrogen (secondary N) is 2. The Labute approximate surface area is 171 Å². The van der Waals surface area contributed by atoms with Crippen LogP contribution in [0.4, 0.5) is 11.4 Å². The van der Waals surface area contributed by atoms with E-state index in [0.717, 1.165) is 23.2 Å². The second-order valence-electron chi connectivity index (χ2n) is 7.30. The molecule has 7 nitrogen and oxygen atoms in total. The van der Waals surface area contributed by atoms with Crippen LogP contribution in [0, 0.1) is 13.8 Å². The van der Waals surface area contributed by atoms with E-state index in [1.54, 1.807) is 35.2 Å². The first-order valence-corrected chi connectivity index (χ1v) is 11.0. The number of carbonyl (C=O) groups excluding carboxylic acids is 2. The fourth-order valence-electron chi connectivity index (χ4n) is 3.26. The predicted molar refractivity (Wildman–Crippen MR) is 112 cm³/mol. The van der Waals surface area contributed by atoms with Crippen molar-refractivity contribution in [3.63, 3.8) is 0 Å². The highest BCUT2D eigenvalue weighted by Gasteiger charge is 2.24. The number of rotatable bonds is 6. The second-order valence-corrected chi connectivity index (χ2v) is 9.01. The Hall–Kier alpha value is -2.71. The molecule has 0 aromatic heterocycles. The fourth-order valence-corrected chi connectivity index (χ4v) is 4.46. The van der Waals surface area contributed by atoms with Gasteiger partial charge in [-0.15, -0.1) is 0 Å². The van der Waals surface area contributed by atoms with Crippen LogP contribution >= 0.6 is 0 Å². The molecule has 0 saturated carbocycles. The van der Waals surface area contributed by atoms with E-state index in [2.05, 4.69) is 10.0 Å². The van der Waals surface area contributed by atoms with Crippen molar-refractivity contribution >= 4 is 33.2 Å². The van der Waals surface area contributed by atoms with Crippen LogP contribution in [0.2, 0.25) is 0 Å². The Morgan fingerprint density at radius 2 is 1.79 bits per heavy atom. The molecule has 8 heteroatoms. The SMILES string of the molecule is Cc1ccc(S(=O)(=O)N[C@@H](C)C(=O)Nc2ccc(N3CCCC3=O)c(C)c2)cc1. The minimum atomic E-state index is -3.80. The summed E-state index contributed by atoms with van der Waals surface area (Å²) in [5.74, 6) is -0.367. The Bertz CT molecular complexity index is 1030. The van der Waals surface area contributed by atoms with Crippen molar-refractivity contribution in [2.75, 3.05) is 16.8 Å². The van der Waals surface area contributed by atoms with Gasteiger partial charge in [-0.3, -0.25) is 9.59 Å². The molecule has 0 unspecified atom stereocenters. The van der Waals surface area contributed by atoms with Crippen LogP contribution in [-0.2, 0) is 19.6 Å². The number of benzene rings is 2. The monoisotopic (exact) mass is 415 g/mol. The maximum absolute atomic E-state index is 12.5. The number of aryl methyl sites for hydroxylation is 2. The van der Waals surface area contributed by atoms with Gasteiger partial charge in [0.1, 0.15) is 0 Å². The van der Waals surface area contributed by atoms with Crippen molar-refractivity contribution in [3.05, 3.63) is 53.6 Å². The predicted octanol–water partition coefficient (Wildman–Crippen LogP) is 2.74. The van der Waals surface area contributed by atoms with E-state index in [0.29, 0.717) is 18.7 Å². The van der Waals surface area contributed by atoms with Gasteiger partial charge in [0.25, 0.3) is 0 Å². The lowest BCUT2D eigenvalue weighted by atomic mass is 10.1. The van der Waals surface area contributed by atoms with E-state index in [1.165, 1.54) is 19.1 Å². The summed E-state index contributed by atoms with van der Waals surface area (Å²) in [6.45, 7) is 5.93. The molecule has 0 radical (unpaired) electrons. The van der Waals surface area contributed by atoms with Crippen LogP contribution in [0.25, 0.3) is 0 Å². The van der Waals surface area contributed by atoms with Crippen LogP contribution < -0.4 is 14.9 Å². The maximum Gasteiger partial charge on any atom is 0.242 e. The molecule has 1 aliphatic heterocycles. The van der Waals surface area contributed by atoms with Crippen molar-refractivity contribution in [1.29, 1.82) is 0 Å². The topological polar surface area (TPSA) is 95.6 Å². The first-order valence-electron chi connectivity index (χ1n) is 9.48. The van der Waals surface area contributed by atoms with Crippen LogP contribution in [0.3, 0.4) is 0 Å². The summed E-state index contributed by atoms with van der Waals surface area (Å²) in [4.78, 5) is 26.3. The molecule has 3 rings (SSSR count). The van der Waals surface area contributed by atoms with E-state index < -0.39 is 22.0 Å². The molecule has 1 atom stereocenters. The van der Waals surface area contributed by atoms with Gasteiger partial charge in [-0.1, -0.05) is 17.7 Å². The Morgan fingerprint density at radius 3 is 2.38 bits per heavy atom. The van der Waals surface area contributed by atoms with Gasteiger partial charge in [0.05, 0.1) is 10.9 Å². The van der Waals surface area contributed by atoms with E-state index in [4.69, 9.17) is 0 Å². The number of hydrogen-bond donors (Lipinski definition) is 2. The Morgan fingerprint density at radius 1 is 1.10 bits per heavy atom. The molecule has 0 spiro atoms. The summed E-state index contributed by atoms with van der Waals surface area (Å²) in [5.41, 5.74) is 3.19. The third-order valence-corrected chi connectivity index (χ3v) is 6.44. The van der Waals surface area contributed by atoms with Crippen molar-refractivity contribution in [2.24, 2.45) is 0 Å².